The first-order valence-electron chi connectivity index (χ1n) is 12.8. The van der Waals surface area contributed by atoms with Crippen LogP contribution in [-0.2, 0) is 35.3 Å². The average molecular weight is 543 g/mol. The molecular formula is C27H50N4O7. The number of carbonyl (C=O) groups is 5. The van der Waals surface area contributed by atoms with Crippen molar-refractivity contribution in [2.75, 3.05) is 18.9 Å². The van der Waals surface area contributed by atoms with E-state index in [0.29, 0.717) is 12.1 Å². The van der Waals surface area contributed by atoms with E-state index in [1.165, 1.54) is 13.3 Å². The summed E-state index contributed by atoms with van der Waals surface area (Å²) >= 11 is 0. The molecule has 0 aliphatic heterocycles. The number of hydrogen-bond donors (Lipinski definition) is 5. The first-order chi connectivity index (χ1) is 17.9. The average Bonchev–Trinajstić information content (AvgIpc) is 2.86. The van der Waals surface area contributed by atoms with Crippen LogP contribution in [-0.4, -0.2) is 54.9 Å². The highest BCUT2D eigenvalue weighted by Gasteiger charge is 2.13. The molecule has 1 atom stereocenters. The predicted molar refractivity (Wildman–Crippen MR) is 151 cm³/mol. The Hall–Kier alpha value is -3.47. The molecule has 3 amide bonds. The van der Waals surface area contributed by atoms with Crippen LogP contribution in [0.15, 0.2) is 24.3 Å². The second-order valence-corrected chi connectivity index (χ2v) is 7.69. The molecule has 0 radical (unpaired) electrons. The number of nitrogens with one attached hydrogen (secondary N) is 3. The molecular weight excluding hydrogens is 492 g/mol. The maximum atomic E-state index is 11.2. The van der Waals surface area contributed by atoms with Crippen molar-refractivity contribution in [3.8, 4) is 0 Å². The summed E-state index contributed by atoms with van der Waals surface area (Å²) in [6, 6.07) is 6.59. The van der Waals surface area contributed by atoms with E-state index in [0.717, 1.165) is 12.1 Å². The Labute approximate surface area is 228 Å². The zero-order valence-corrected chi connectivity index (χ0v) is 24.6. The van der Waals surface area contributed by atoms with E-state index in [9.17, 15) is 24.0 Å². The third kappa shape index (κ3) is 30.6. The van der Waals surface area contributed by atoms with E-state index in [4.69, 9.17) is 15.6 Å². The number of likely N-dealkylation sites (N-methyl/N-ethyl adjacent to an activating group) is 1. The lowest BCUT2D eigenvalue weighted by atomic mass is 10.1. The normalized spacial score (nSPS) is 9.63. The van der Waals surface area contributed by atoms with Gasteiger partial charge < -0.3 is 31.5 Å². The Kier molecular flexibility index (Phi) is 32.6. The molecule has 1 rings (SSSR count). The quantitative estimate of drug-likeness (QED) is 0.208. The Balaban J connectivity index is -0.000000228. The molecule has 11 heteroatoms. The van der Waals surface area contributed by atoms with Crippen molar-refractivity contribution in [1.82, 2.24) is 10.6 Å². The third-order valence-corrected chi connectivity index (χ3v) is 3.80. The van der Waals surface area contributed by atoms with Gasteiger partial charge in [-0.15, -0.1) is 0 Å². The minimum Gasteiger partial charge on any atom is -0.481 e. The number of carboxylic acid groups (broad SMARTS) is 1. The number of hydrogen-bond acceptors (Lipinski definition) is 7. The van der Waals surface area contributed by atoms with Crippen LogP contribution in [0.4, 0.5) is 5.69 Å². The molecule has 0 aliphatic rings. The molecule has 6 N–H and O–H groups in total. The summed E-state index contributed by atoms with van der Waals surface area (Å²) < 4.78 is 5.06. The smallest absolute Gasteiger partial charge is 0.308 e. The van der Waals surface area contributed by atoms with Crippen LogP contribution >= 0.6 is 0 Å². The standard InChI is InChI=1S/C12H15NO3.C6H12N2O3.C4H9NO.C3H8.C2H6/c1-9(2)12(15)16-7-10-3-5-11(6-4-10)13-8-14;1-8-4(6(7)11)2-3-5(9)10;1-3-5-4(2)6;1-3-2;1-2/h3-6,8-9H,7H2,1-2H3,(H,13,14);4,8H,2-3H2,1H3,(H2,7,11)(H,9,10);3H2,1-2H3,(H,5,6);3H2,1-2H3;1-2H3. The monoisotopic (exact) mass is 542 g/mol. The van der Waals surface area contributed by atoms with Crippen LogP contribution < -0.4 is 21.7 Å². The molecule has 11 nitrogen and oxygen atoms in total. The summed E-state index contributed by atoms with van der Waals surface area (Å²) in [5.41, 5.74) is 6.55. The van der Waals surface area contributed by atoms with Gasteiger partial charge in [-0.3, -0.25) is 24.0 Å². The van der Waals surface area contributed by atoms with Crippen molar-refractivity contribution in [3.63, 3.8) is 0 Å². The van der Waals surface area contributed by atoms with Crippen LogP contribution in [0.25, 0.3) is 0 Å². The van der Waals surface area contributed by atoms with Gasteiger partial charge >= 0.3 is 11.9 Å². The summed E-state index contributed by atoms with van der Waals surface area (Å²) in [7, 11) is 1.57. The maximum absolute atomic E-state index is 11.2. The molecule has 1 aromatic carbocycles. The number of aliphatic carboxylic acids is 1. The van der Waals surface area contributed by atoms with E-state index >= 15 is 0 Å². The number of nitrogens with two attached hydrogens (primary N) is 1. The molecule has 0 aliphatic carbocycles. The van der Waals surface area contributed by atoms with Crippen molar-refractivity contribution in [2.45, 2.75) is 87.3 Å². The van der Waals surface area contributed by atoms with Crippen molar-refractivity contribution in [3.05, 3.63) is 29.8 Å². The van der Waals surface area contributed by atoms with Gasteiger partial charge in [0.2, 0.25) is 18.2 Å². The number of carboxylic acids is 1. The maximum Gasteiger partial charge on any atom is 0.308 e. The fraction of sp³-hybridized carbons (Fsp3) is 0.593. The zero-order chi connectivity index (χ0) is 30.5. The second kappa shape index (κ2) is 29.8. The predicted octanol–water partition coefficient (Wildman–Crippen LogP) is 3.46. The van der Waals surface area contributed by atoms with E-state index in [1.54, 1.807) is 45.2 Å². The minimum absolute atomic E-state index is 0.0394. The SMILES string of the molecule is CC.CC(C)C(=O)OCc1ccc(NC=O)cc1.CCC.CCNC(C)=O.CNC(CCC(=O)O)C(N)=O. The van der Waals surface area contributed by atoms with E-state index in [1.807, 2.05) is 20.8 Å². The molecule has 0 saturated carbocycles. The van der Waals surface area contributed by atoms with E-state index in [2.05, 4.69) is 29.8 Å². The van der Waals surface area contributed by atoms with Crippen molar-refractivity contribution in [1.29, 1.82) is 0 Å². The highest BCUT2D eigenvalue weighted by atomic mass is 16.5. The van der Waals surface area contributed by atoms with Gasteiger partial charge in [-0.2, -0.15) is 0 Å². The molecule has 0 aromatic heterocycles. The molecule has 1 aromatic rings. The summed E-state index contributed by atoms with van der Waals surface area (Å²) in [5, 5.41) is 16.0. The highest BCUT2D eigenvalue weighted by Crippen LogP contribution is 2.10. The van der Waals surface area contributed by atoms with E-state index in [-0.39, 0.29) is 37.2 Å². The number of amides is 3. The molecule has 0 fully saturated rings. The number of rotatable bonds is 11. The summed E-state index contributed by atoms with van der Waals surface area (Å²) in [6.45, 7) is 16.2. The number of esters is 1. The summed E-state index contributed by atoms with van der Waals surface area (Å²) in [5.74, 6) is -1.73. The van der Waals surface area contributed by atoms with Gasteiger partial charge in [0.05, 0.1) is 12.0 Å². The minimum atomic E-state index is -0.925. The van der Waals surface area contributed by atoms with Gasteiger partial charge in [0.1, 0.15) is 6.61 Å². The fourth-order valence-electron chi connectivity index (χ4n) is 2.03. The molecule has 38 heavy (non-hydrogen) atoms. The largest absolute Gasteiger partial charge is 0.481 e. The number of benzene rings is 1. The first kappa shape index (κ1) is 41.6. The topological polar surface area (TPSA) is 177 Å². The van der Waals surface area contributed by atoms with E-state index < -0.39 is 17.9 Å². The summed E-state index contributed by atoms with van der Waals surface area (Å²) in [4.78, 5) is 51.9. The van der Waals surface area contributed by atoms with Gasteiger partial charge in [-0.05, 0) is 38.1 Å². The summed E-state index contributed by atoms with van der Waals surface area (Å²) in [6.07, 6.45) is 2.06. The first-order valence-corrected chi connectivity index (χ1v) is 12.8. The molecule has 0 saturated heterocycles. The molecule has 0 spiro atoms. The van der Waals surface area contributed by atoms with Gasteiger partial charge in [0.15, 0.2) is 0 Å². The van der Waals surface area contributed by atoms with Crippen LogP contribution in [0.5, 0.6) is 0 Å². The van der Waals surface area contributed by atoms with Crippen molar-refractivity contribution < 1.29 is 33.8 Å². The number of carbonyl (C=O) groups excluding carboxylic acids is 4. The fourth-order valence-corrected chi connectivity index (χ4v) is 2.03. The van der Waals surface area contributed by atoms with Crippen molar-refractivity contribution in [2.24, 2.45) is 11.7 Å². The van der Waals surface area contributed by atoms with Crippen molar-refractivity contribution >= 4 is 35.9 Å². The van der Waals surface area contributed by atoms with Crippen LogP contribution in [0.1, 0.15) is 80.2 Å². The van der Waals surface area contributed by atoms with Gasteiger partial charge in [0.25, 0.3) is 0 Å². The lowest BCUT2D eigenvalue weighted by Crippen LogP contribution is -2.39. The third-order valence-electron chi connectivity index (χ3n) is 3.80. The molecule has 0 bridgehead atoms. The molecule has 1 unspecified atom stereocenters. The second-order valence-electron chi connectivity index (χ2n) is 7.69. The van der Waals surface area contributed by atoms with Gasteiger partial charge in [-0.25, -0.2) is 0 Å². The van der Waals surface area contributed by atoms with Crippen LogP contribution in [0.3, 0.4) is 0 Å². The van der Waals surface area contributed by atoms with Crippen LogP contribution in [0.2, 0.25) is 0 Å². The Bertz CT molecular complexity index is 754. The Morgan fingerprint density at radius 1 is 1.05 bits per heavy atom. The number of anilines is 1. The van der Waals surface area contributed by atoms with Gasteiger partial charge in [-0.1, -0.05) is 60.1 Å². The number of primary amides is 1. The zero-order valence-electron chi connectivity index (χ0n) is 24.6. The Morgan fingerprint density at radius 3 is 1.84 bits per heavy atom. The lowest BCUT2D eigenvalue weighted by Gasteiger charge is -2.09. The Morgan fingerprint density at radius 2 is 1.55 bits per heavy atom. The molecule has 220 valence electrons. The molecule has 0 heterocycles. The van der Waals surface area contributed by atoms with Crippen LogP contribution in [0, 0.1) is 5.92 Å². The van der Waals surface area contributed by atoms with Gasteiger partial charge in [0, 0.05) is 25.6 Å². The highest BCUT2D eigenvalue weighted by molar-refractivity contribution is 5.80. The lowest BCUT2D eigenvalue weighted by molar-refractivity contribution is -0.148. The number of ether oxygens (including phenoxy) is 1.